The zero-order valence-corrected chi connectivity index (χ0v) is 17.4. The molecule has 1 N–H and O–H groups in total. The summed E-state index contributed by atoms with van der Waals surface area (Å²) in [6.07, 6.45) is 1.57. The van der Waals surface area contributed by atoms with Gasteiger partial charge in [-0.25, -0.2) is 5.43 Å². The molecule has 3 rings (SSSR count). The number of hydrogen-bond donors (Lipinski definition) is 1. The fraction of sp³-hybridized carbons (Fsp3) is 0.0476. The van der Waals surface area contributed by atoms with Gasteiger partial charge in [-0.1, -0.05) is 64.5 Å². The third kappa shape index (κ3) is 5.52. The van der Waals surface area contributed by atoms with Crippen LogP contribution in [0.4, 0.5) is 0 Å². The first kappa shape index (κ1) is 19.3. The predicted molar refractivity (Wildman–Crippen MR) is 114 cm³/mol. The largest absolute Gasteiger partial charge is 0.487 e. The molecule has 4 nitrogen and oxygen atoms in total. The summed E-state index contributed by atoms with van der Waals surface area (Å²) in [7, 11) is 0. The minimum Gasteiger partial charge on any atom is -0.487 e. The highest BCUT2D eigenvalue weighted by atomic mass is 79.9. The molecule has 0 bridgehead atoms. The average Bonchev–Trinajstić information content (AvgIpc) is 2.68. The van der Waals surface area contributed by atoms with E-state index in [1.807, 2.05) is 48.5 Å². The number of carbonyl (C=O) groups excluding carboxylic acids is 1. The van der Waals surface area contributed by atoms with E-state index < -0.39 is 0 Å². The number of nitrogens with zero attached hydrogens (tertiary/aromatic N) is 1. The predicted octanol–water partition coefficient (Wildman–Crippen LogP) is 5.55. The molecule has 27 heavy (non-hydrogen) atoms. The van der Waals surface area contributed by atoms with Crippen LogP contribution in [-0.4, -0.2) is 12.1 Å². The highest BCUT2D eigenvalue weighted by Gasteiger charge is 2.10. The Morgan fingerprint density at radius 1 is 1.00 bits per heavy atom. The van der Waals surface area contributed by atoms with Crippen molar-refractivity contribution in [2.75, 3.05) is 0 Å². The van der Waals surface area contributed by atoms with Gasteiger partial charge in [0.05, 0.1) is 10.7 Å². The molecule has 0 saturated carbocycles. The van der Waals surface area contributed by atoms with Gasteiger partial charge in [-0.3, -0.25) is 4.79 Å². The lowest BCUT2D eigenvalue weighted by molar-refractivity contribution is 0.0955. The van der Waals surface area contributed by atoms with Crippen molar-refractivity contribution >= 4 is 44.0 Å². The summed E-state index contributed by atoms with van der Waals surface area (Å²) in [5.41, 5.74) is 4.88. The molecule has 3 aromatic carbocycles. The normalized spacial score (nSPS) is 10.7. The van der Waals surface area contributed by atoms with Gasteiger partial charge < -0.3 is 4.74 Å². The molecular weight excluding hydrogens is 472 g/mol. The van der Waals surface area contributed by atoms with Crippen LogP contribution in [0, 0.1) is 0 Å². The van der Waals surface area contributed by atoms with E-state index in [2.05, 4.69) is 42.4 Å². The van der Waals surface area contributed by atoms with Crippen molar-refractivity contribution in [3.63, 3.8) is 0 Å². The molecule has 136 valence electrons. The van der Waals surface area contributed by atoms with E-state index in [4.69, 9.17) is 4.74 Å². The minimum atomic E-state index is -0.271. The molecule has 0 aliphatic rings. The Balaban J connectivity index is 1.74. The van der Waals surface area contributed by atoms with E-state index in [-0.39, 0.29) is 5.91 Å². The van der Waals surface area contributed by atoms with Gasteiger partial charge in [0.15, 0.2) is 0 Å². The molecule has 0 spiro atoms. The third-order valence-electron chi connectivity index (χ3n) is 3.67. The first-order valence-corrected chi connectivity index (χ1v) is 9.76. The van der Waals surface area contributed by atoms with Crippen molar-refractivity contribution in [1.82, 2.24) is 5.43 Å². The molecule has 0 radical (unpaired) electrons. The van der Waals surface area contributed by atoms with Gasteiger partial charge in [0.25, 0.3) is 5.91 Å². The van der Waals surface area contributed by atoms with Crippen LogP contribution >= 0.6 is 31.9 Å². The Bertz CT molecular complexity index is 945. The van der Waals surface area contributed by atoms with E-state index in [1.165, 1.54) is 0 Å². The SMILES string of the molecule is O=C(N/N=C\c1cc(Br)cc(Br)c1OCc1ccccc1)c1ccccc1. The first-order valence-electron chi connectivity index (χ1n) is 8.17. The summed E-state index contributed by atoms with van der Waals surface area (Å²) < 4.78 is 7.65. The van der Waals surface area contributed by atoms with Crippen LogP contribution in [-0.2, 0) is 6.61 Å². The molecular formula is C21H16Br2N2O2. The molecule has 3 aromatic rings. The summed E-state index contributed by atoms with van der Waals surface area (Å²) >= 11 is 6.99. The number of benzene rings is 3. The van der Waals surface area contributed by atoms with E-state index in [1.54, 1.807) is 30.5 Å². The lowest BCUT2D eigenvalue weighted by Gasteiger charge is -2.12. The number of ether oxygens (including phenoxy) is 1. The monoisotopic (exact) mass is 486 g/mol. The lowest BCUT2D eigenvalue weighted by atomic mass is 10.2. The Morgan fingerprint density at radius 2 is 1.67 bits per heavy atom. The summed E-state index contributed by atoms with van der Waals surface area (Å²) in [5, 5.41) is 4.07. The number of amides is 1. The van der Waals surface area contributed by atoms with Gasteiger partial charge >= 0.3 is 0 Å². The molecule has 0 aliphatic heterocycles. The summed E-state index contributed by atoms with van der Waals surface area (Å²) in [6.45, 7) is 0.429. The van der Waals surface area contributed by atoms with E-state index >= 15 is 0 Å². The maximum Gasteiger partial charge on any atom is 0.271 e. The van der Waals surface area contributed by atoms with E-state index in [0.29, 0.717) is 17.9 Å². The van der Waals surface area contributed by atoms with Crippen molar-refractivity contribution in [3.8, 4) is 5.75 Å². The topological polar surface area (TPSA) is 50.7 Å². The molecule has 1 amide bonds. The van der Waals surface area contributed by atoms with Crippen LogP contribution in [0.15, 0.2) is 86.8 Å². The van der Waals surface area contributed by atoms with Crippen LogP contribution in [0.25, 0.3) is 0 Å². The molecule has 0 saturated heterocycles. The Kier molecular flexibility index (Phi) is 6.79. The first-order chi connectivity index (χ1) is 13.1. The number of carbonyl (C=O) groups is 1. The number of hydrogen-bond acceptors (Lipinski definition) is 3. The summed E-state index contributed by atoms with van der Waals surface area (Å²) in [6, 6.07) is 22.6. The standard InChI is InChI=1S/C21H16Br2N2O2/c22-18-11-17(13-24-25-21(26)16-9-5-2-6-10-16)20(19(23)12-18)27-14-15-7-3-1-4-8-15/h1-13H,14H2,(H,25,26)/b24-13-. The highest BCUT2D eigenvalue weighted by Crippen LogP contribution is 2.32. The zero-order chi connectivity index (χ0) is 19.1. The second kappa shape index (κ2) is 9.48. The van der Waals surface area contributed by atoms with Gasteiger partial charge in [0.1, 0.15) is 12.4 Å². The van der Waals surface area contributed by atoms with E-state index in [9.17, 15) is 4.79 Å². The number of rotatable bonds is 6. The highest BCUT2D eigenvalue weighted by molar-refractivity contribution is 9.11. The maximum absolute atomic E-state index is 12.1. The lowest BCUT2D eigenvalue weighted by Crippen LogP contribution is -2.17. The van der Waals surface area contributed by atoms with Gasteiger partial charge in [-0.2, -0.15) is 5.10 Å². The van der Waals surface area contributed by atoms with Crippen molar-refractivity contribution < 1.29 is 9.53 Å². The second-order valence-electron chi connectivity index (χ2n) is 5.65. The second-order valence-corrected chi connectivity index (χ2v) is 7.42. The van der Waals surface area contributed by atoms with Crippen LogP contribution in [0.2, 0.25) is 0 Å². The molecule has 0 aromatic heterocycles. The summed E-state index contributed by atoms with van der Waals surface area (Å²) in [4.78, 5) is 12.1. The molecule has 0 unspecified atom stereocenters. The molecule has 0 aliphatic carbocycles. The minimum absolute atomic E-state index is 0.271. The molecule has 0 heterocycles. The van der Waals surface area contributed by atoms with Crippen LogP contribution in [0.3, 0.4) is 0 Å². The van der Waals surface area contributed by atoms with Gasteiger partial charge in [0.2, 0.25) is 0 Å². The Morgan fingerprint density at radius 3 is 2.37 bits per heavy atom. The molecule has 0 fully saturated rings. The number of nitrogens with one attached hydrogen (secondary N) is 1. The molecule has 6 heteroatoms. The fourth-order valence-corrected chi connectivity index (χ4v) is 3.75. The van der Waals surface area contributed by atoms with Gasteiger partial charge in [-0.05, 0) is 45.8 Å². The van der Waals surface area contributed by atoms with Gasteiger partial charge in [-0.15, -0.1) is 0 Å². The van der Waals surface area contributed by atoms with Crippen LogP contribution in [0.1, 0.15) is 21.5 Å². The van der Waals surface area contributed by atoms with Crippen molar-refractivity contribution in [1.29, 1.82) is 0 Å². The smallest absolute Gasteiger partial charge is 0.271 e. The number of halogens is 2. The third-order valence-corrected chi connectivity index (χ3v) is 4.72. The number of hydrazone groups is 1. The summed E-state index contributed by atoms with van der Waals surface area (Å²) in [5.74, 6) is 0.382. The van der Waals surface area contributed by atoms with Gasteiger partial charge in [0, 0.05) is 15.6 Å². The van der Waals surface area contributed by atoms with Crippen molar-refractivity contribution in [2.24, 2.45) is 5.10 Å². The zero-order valence-electron chi connectivity index (χ0n) is 14.2. The Labute approximate surface area is 174 Å². The van der Waals surface area contributed by atoms with Crippen LogP contribution < -0.4 is 10.2 Å². The maximum atomic E-state index is 12.1. The average molecular weight is 488 g/mol. The van der Waals surface area contributed by atoms with Crippen molar-refractivity contribution in [2.45, 2.75) is 6.61 Å². The van der Waals surface area contributed by atoms with Crippen LogP contribution in [0.5, 0.6) is 5.75 Å². The molecule has 0 atom stereocenters. The fourth-order valence-electron chi connectivity index (χ4n) is 2.37. The van der Waals surface area contributed by atoms with Crippen molar-refractivity contribution in [3.05, 3.63) is 98.4 Å². The van der Waals surface area contributed by atoms with E-state index in [0.717, 1.165) is 20.1 Å². The Hall–Kier alpha value is -2.44. The quantitative estimate of drug-likeness (QED) is 0.365.